The van der Waals surface area contributed by atoms with Gasteiger partial charge >= 0.3 is 0 Å². The van der Waals surface area contributed by atoms with E-state index in [9.17, 15) is 0 Å². The SMILES string of the molecule is COCC1CCCN(c2nc3c(s2)C(N)CCC3)C1. The van der Waals surface area contributed by atoms with Gasteiger partial charge in [-0.1, -0.05) is 11.3 Å². The molecule has 1 aromatic rings. The van der Waals surface area contributed by atoms with Gasteiger partial charge in [-0.15, -0.1) is 0 Å². The molecule has 1 saturated heterocycles. The molecule has 1 aromatic heterocycles. The Kier molecular flexibility index (Phi) is 4.05. The van der Waals surface area contributed by atoms with Gasteiger partial charge in [0.15, 0.2) is 5.13 Å². The van der Waals surface area contributed by atoms with Crippen molar-refractivity contribution < 1.29 is 4.74 Å². The molecular weight excluding hydrogens is 258 g/mol. The molecule has 0 radical (unpaired) electrons. The number of methoxy groups -OCH3 is 1. The molecule has 2 N–H and O–H groups in total. The number of hydrogen-bond donors (Lipinski definition) is 1. The average Bonchev–Trinajstić information content (AvgIpc) is 2.85. The van der Waals surface area contributed by atoms with Crippen LogP contribution < -0.4 is 10.6 Å². The fourth-order valence-corrected chi connectivity index (χ4v) is 4.37. The summed E-state index contributed by atoms with van der Waals surface area (Å²) in [4.78, 5) is 8.61. The van der Waals surface area contributed by atoms with Gasteiger partial charge in [-0.25, -0.2) is 4.98 Å². The third kappa shape index (κ3) is 2.78. The molecule has 2 atom stereocenters. The Morgan fingerprint density at radius 2 is 2.32 bits per heavy atom. The first-order valence-electron chi connectivity index (χ1n) is 7.27. The summed E-state index contributed by atoms with van der Waals surface area (Å²) in [7, 11) is 1.79. The summed E-state index contributed by atoms with van der Waals surface area (Å²) in [6.45, 7) is 3.07. The van der Waals surface area contributed by atoms with Crippen LogP contribution in [0, 0.1) is 5.92 Å². The highest BCUT2D eigenvalue weighted by molar-refractivity contribution is 7.15. The molecule has 0 aromatic carbocycles. The van der Waals surface area contributed by atoms with Crippen molar-refractivity contribution in [3.8, 4) is 0 Å². The van der Waals surface area contributed by atoms with Gasteiger partial charge in [0.2, 0.25) is 0 Å². The fraction of sp³-hybridized carbons (Fsp3) is 0.786. The van der Waals surface area contributed by atoms with E-state index in [1.165, 1.54) is 35.0 Å². The van der Waals surface area contributed by atoms with Crippen LogP contribution in [0.5, 0.6) is 0 Å². The lowest BCUT2D eigenvalue weighted by Gasteiger charge is -2.32. The van der Waals surface area contributed by atoms with Gasteiger partial charge in [-0.3, -0.25) is 0 Å². The second kappa shape index (κ2) is 5.77. The number of hydrogen-bond acceptors (Lipinski definition) is 5. The molecule has 19 heavy (non-hydrogen) atoms. The summed E-state index contributed by atoms with van der Waals surface area (Å²) in [5, 5.41) is 1.18. The van der Waals surface area contributed by atoms with Crippen LogP contribution in [-0.4, -0.2) is 31.8 Å². The van der Waals surface area contributed by atoms with Crippen LogP contribution in [0.25, 0.3) is 0 Å². The van der Waals surface area contributed by atoms with Gasteiger partial charge in [-0.2, -0.15) is 0 Å². The zero-order valence-electron chi connectivity index (χ0n) is 11.6. The predicted octanol–water partition coefficient (Wildman–Crippen LogP) is 2.34. The maximum Gasteiger partial charge on any atom is 0.185 e. The van der Waals surface area contributed by atoms with E-state index in [1.807, 2.05) is 11.3 Å². The smallest absolute Gasteiger partial charge is 0.185 e. The maximum absolute atomic E-state index is 6.20. The standard InChI is InChI=1S/C14H23N3OS/c1-18-9-10-4-3-7-17(8-10)14-16-12-6-2-5-11(15)13(12)19-14/h10-11H,2-9,15H2,1H3. The molecule has 5 heteroatoms. The second-order valence-electron chi connectivity index (χ2n) is 5.72. The Bertz CT molecular complexity index is 432. The first kappa shape index (κ1) is 13.3. The fourth-order valence-electron chi connectivity index (χ4n) is 3.19. The second-order valence-corrected chi connectivity index (χ2v) is 6.72. The molecule has 1 fully saturated rings. The number of aromatic nitrogens is 1. The molecule has 0 spiro atoms. The largest absolute Gasteiger partial charge is 0.384 e. The molecule has 2 unspecified atom stereocenters. The van der Waals surface area contributed by atoms with Crippen molar-refractivity contribution in [2.45, 2.75) is 38.1 Å². The molecule has 0 bridgehead atoms. The summed E-state index contributed by atoms with van der Waals surface area (Å²) in [5.74, 6) is 0.647. The van der Waals surface area contributed by atoms with Crippen molar-refractivity contribution in [3.05, 3.63) is 10.6 Å². The van der Waals surface area contributed by atoms with Gasteiger partial charge in [0.05, 0.1) is 12.3 Å². The van der Waals surface area contributed by atoms with Gasteiger partial charge in [0.1, 0.15) is 0 Å². The van der Waals surface area contributed by atoms with Gasteiger partial charge in [-0.05, 0) is 38.0 Å². The number of ether oxygens (including phenoxy) is 1. The van der Waals surface area contributed by atoms with Crippen LogP contribution in [0.1, 0.15) is 42.3 Å². The predicted molar refractivity (Wildman–Crippen MR) is 78.8 cm³/mol. The number of nitrogens with two attached hydrogens (primary N) is 1. The van der Waals surface area contributed by atoms with Crippen molar-refractivity contribution in [3.63, 3.8) is 0 Å². The van der Waals surface area contributed by atoms with Crippen LogP contribution >= 0.6 is 11.3 Å². The minimum Gasteiger partial charge on any atom is -0.384 e. The van der Waals surface area contributed by atoms with E-state index in [0.717, 1.165) is 32.5 Å². The van der Waals surface area contributed by atoms with Gasteiger partial charge < -0.3 is 15.4 Å². The third-order valence-electron chi connectivity index (χ3n) is 4.17. The highest BCUT2D eigenvalue weighted by Gasteiger charge is 2.26. The molecule has 3 rings (SSSR count). The summed E-state index contributed by atoms with van der Waals surface area (Å²) in [6, 6.07) is 0.217. The minimum atomic E-state index is 0.217. The molecule has 4 nitrogen and oxygen atoms in total. The number of fused-ring (bicyclic) bond motifs is 1. The number of anilines is 1. The number of nitrogens with zero attached hydrogens (tertiary/aromatic N) is 2. The zero-order chi connectivity index (χ0) is 13.2. The molecule has 2 aliphatic rings. The molecule has 1 aliphatic heterocycles. The molecule has 0 saturated carbocycles. The topological polar surface area (TPSA) is 51.4 Å². The quantitative estimate of drug-likeness (QED) is 0.924. The van der Waals surface area contributed by atoms with E-state index in [-0.39, 0.29) is 6.04 Å². The highest BCUT2D eigenvalue weighted by Crippen LogP contribution is 2.37. The number of aryl methyl sites for hydroxylation is 1. The lowest BCUT2D eigenvalue weighted by molar-refractivity contribution is 0.143. The van der Waals surface area contributed by atoms with E-state index in [2.05, 4.69) is 4.90 Å². The molecule has 2 heterocycles. The number of thiazole rings is 1. The minimum absolute atomic E-state index is 0.217. The van der Waals surface area contributed by atoms with E-state index < -0.39 is 0 Å². The summed E-state index contributed by atoms with van der Waals surface area (Å²) in [5.41, 5.74) is 7.45. The van der Waals surface area contributed by atoms with Crippen LogP contribution in [0.2, 0.25) is 0 Å². The third-order valence-corrected chi connectivity index (χ3v) is 5.46. The molecule has 0 amide bonds. The maximum atomic E-state index is 6.20. The highest BCUT2D eigenvalue weighted by atomic mass is 32.1. The van der Waals surface area contributed by atoms with Crippen molar-refractivity contribution in [1.29, 1.82) is 0 Å². The molecule has 106 valence electrons. The Morgan fingerprint density at radius 1 is 1.42 bits per heavy atom. The monoisotopic (exact) mass is 281 g/mol. The molecule has 1 aliphatic carbocycles. The number of piperidine rings is 1. The van der Waals surface area contributed by atoms with E-state index in [1.54, 1.807) is 7.11 Å². The van der Waals surface area contributed by atoms with Crippen LogP contribution in [0.4, 0.5) is 5.13 Å². The number of rotatable bonds is 3. The van der Waals surface area contributed by atoms with E-state index in [0.29, 0.717) is 5.92 Å². The first-order valence-corrected chi connectivity index (χ1v) is 8.08. The van der Waals surface area contributed by atoms with Gasteiger partial charge in [0.25, 0.3) is 0 Å². The van der Waals surface area contributed by atoms with Gasteiger partial charge in [0, 0.05) is 31.1 Å². The molecular formula is C14H23N3OS. The van der Waals surface area contributed by atoms with Crippen molar-refractivity contribution in [1.82, 2.24) is 4.98 Å². The summed E-state index contributed by atoms with van der Waals surface area (Å²) in [6.07, 6.45) is 5.92. The Labute approximate surface area is 119 Å². The van der Waals surface area contributed by atoms with Crippen molar-refractivity contribution in [2.75, 3.05) is 31.7 Å². The lowest BCUT2D eigenvalue weighted by atomic mass is 9.99. The summed E-state index contributed by atoms with van der Waals surface area (Å²) < 4.78 is 5.30. The van der Waals surface area contributed by atoms with Crippen LogP contribution in [0.3, 0.4) is 0 Å². The average molecular weight is 281 g/mol. The Morgan fingerprint density at radius 3 is 3.11 bits per heavy atom. The van der Waals surface area contributed by atoms with Crippen LogP contribution in [0.15, 0.2) is 0 Å². The zero-order valence-corrected chi connectivity index (χ0v) is 12.4. The summed E-state index contributed by atoms with van der Waals surface area (Å²) >= 11 is 1.82. The van der Waals surface area contributed by atoms with Crippen molar-refractivity contribution in [2.24, 2.45) is 11.7 Å². The normalized spacial score (nSPS) is 27.4. The van der Waals surface area contributed by atoms with Crippen LogP contribution in [-0.2, 0) is 11.2 Å². The van der Waals surface area contributed by atoms with E-state index >= 15 is 0 Å². The Balaban J connectivity index is 1.75. The van der Waals surface area contributed by atoms with Crippen molar-refractivity contribution >= 4 is 16.5 Å². The van der Waals surface area contributed by atoms with E-state index in [4.69, 9.17) is 15.5 Å². The lowest BCUT2D eigenvalue weighted by Crippen LogP contribution is -2.37. The Hall–Kier alpha value is -0.650. The first-order chi connectivity index (χ1) is 9.28.